The van der Waals surface area contributed by atoms with Crippen molar-refractivity contribution in [2.24, 2.45) is 5.10 Å². The Balaban J connectivity index is 1.24. The molecule has 2 fully saturated rings. The van der Waals surface area contributed by atoms with Gasteiger partial charge in [0, 0.05) is 26.2 Å². The fourth-order valence-electron chi connectivity index (χ4n) is 4.41. The molecule has 1 N–H and O–H groups in total. The van der Waals surface area contributed by atoms with Crippen LogP contribution in [0.2, 0.25) is 0 Å². The molecule has 3 aromatic rings. The van der Waals surface area contributed by atoms with Crippen LogP contribution in [0.5, 0.6) is 5.75 Å². The normalized spacial score (nSPS) is 16.1. The zero-order chi connectivity index (χ0) is 25.5. The molecule has 3 heterocycles. The first kappa shape index (κ1) is 24.6. The summed E-state index contributed by atoms with van der Waals surface area (Å²) in [5, 5.41) is 4.32. The molecule has 0 bridgehead atoms. The number of rotatable bonds is 7. The summed E-state index contributed by atoms with van der Waals surface area (Å²) in [5.41, 5.74) is 4.04. The van der Waals surface area contributed by atoms with Gasteiger partial charge in [-0.1, -0.05) is 0 Å². The zero-order valence-electron chi connectivity index (χ0n) is 20.6. The highest BCUT2D eigenvalue weighted by Crippen LogP contribution is 2.22. The number of hydrogen-bond donors (Lipinski definition) is 1. The molecule has 192 valence electrons. The van der Waals surface area contributed by atoms with Crippen molar-refractivity contribution in [1.29, 1.82) is 0 Å². The van der Waals surface area contributed by atoms with Crippen molar-refractivity contribution in [3.05, 3.63) is 65.5 Å². The van der Waals surface area contributed by atoms with Crippen molar-refractivity contribution in [2.45, 2.75) is 38.5 Å². The minimum atomic E-state index is -0.549. The largest absolute Gasteiger partial charge is 0.423 e. The third-order valence-electron chi connectivity index (χ3n) is 6.44. The second-order valence-electron chi connectivity index (χ2n) is 9.19. The van der Waals surface area contributed by atoms with Gasteiger partial charge in [0.25, 0.3) is 0 Å². The lowest BCUT2D eigenvalue weighted by Crippen LogP contribution is -2.34. The molecule has 0 aliphatic carbocycles. The third-order valence-corrected chi connectivity index (χ3v) is 6.44. The van der Waals surface area contributed by atoms with Gasteiger partial charge < -0.3 is 14.5 Å². The van der Waals surface area contributed by atoms with E-state index in [-0.39, 0.29) is 5.56 Å². The Labute approximate surface area is 215 Å². The van der Waals surface area contributed by atoms with Crippen molar-refractivity contribution in [3.8, 4) is 5.75 Å². The number of carbonyl (C=O) groups excluding carboxylic acids is 1. The second-order valence-corrected chi connectivity index (χ2v) is 9.19. The summed E-state index contributed by atoms with van der Waals surface area (Å²) in [6.07, 6.45) is 8.68. The first-order chi connectivity index (χ1) is 18.1. The van der Waals surface area contributed by atoms with E-state index in [1.54, 1.807) is 30.5 Å². The van der Waals surface area contributed by atoms with Crippen LogP contribution in [0, 0.1) is 5.82 Å². The topological polar surface area (TPSA) is 95.8 Å². The number of nitrogens with zero attached hydrogens (tertiary/aromatic N) is 6. The molecule has 5 rings (SSSR count). The molecular formula is C27H30FN7O2. The van der Waals surface area contributed by atoms with Gasteiger partial charge in [-0.05, 0) is 92.6 Å². The van der Waals surface area contributed by atoms with E-state index in [1.807, 2.05) is 0 Å². The monoisotopic (exact) mass is 503 g/mol. The number of piperidine rings is 2. The molecule has 0 saturated carbocycles. The molecule has 1 aromatic heterocycles. The first-order valence-corrected chi connectivity index (χ1v) is 12.8. The minimum Gasteiger partial charge on any atom is -0.423 e. The standard InChI is InChI=1S/C27H30FN7O2/c28-22-11-9-21(10-12-22)24(36)37-23-13-7-20(8-14-23)19-29-33-25-30-26(34-15-3-1-4-16-34)32-27(31-25)35-17-5-2-6-18-35/h7-14,19H,1-6,15-18H2,(H,30,31,32,33)/b29-19-. The van der Waals surface area contributed by atoms with Gasteiger partial charge in [-0.2, -0.15) is 20.1 Å². The Morgan fingerprint density at radius 2 is 1.38 bits per heavy atom. The van der Waals surface area contributed by atoms with Gasteiger partial charge in [-0.3, -0.25) is 0 Å². The number of hydrazone groups is 1. The Kier molecular flexibility index (Phi) is 7.83. The van der Waals surface area contributed by atoms with E-state index in [4.69, 9.17) is 9.72 Å². The molecule has 37 heavy (non-hydrogen) atoms. The predicted octanol–water partition coefficient (Wildman–Crippen LogP) is 4.66. The molecule has 9 nitrogen and oxygen atoms in total. The van der Waals surface area contributed by atoms with Gasteiger partial charge in [0.05, 0.1) is 11.8 Å². The summed E-state index contributed by atoms with van der Waals surface area (Å²) in [6.45, 7) is 3.79. The van der Waals surface area contributed by atoms with E-state index in [0.717, 1.165) is 57.4 Å². The Bertz CT molecular complexity index is 1190. The van der Waals surface area contributed by atoms with Crippen LogP contribution in [0.3, 0.4) is 0 Å². The van der Waals surface area contributed by atoms with Crippen LogP contribution in [-0.2, 0) is 0 Å². The molecule has 0 radical (unpaired) electrons. The number of benzene rings is 2. The maximum atomic E-state index is 13.1. The second kappa shape index (κ2) is 11.8. The van der Waals surface area contributed by atoms with E-state index in [1.165, 1.54) is 37.1 Å². The molecule has 0 unspecified atom stereocenters. The number of esters is 1. The highest BCUT2D eigenvalue weighted by Gasteiger charge is 2.20. The Morgan fingerprint density at radius 1 is 0.811 bits per heavy atom. The SMILES string of the molecule is O=C(Oc1ccc(/C=N\Nc2nc(N3CCCCC3)nc(N3CCCCC3)n2)cc1)c1ccc(F)cc1. The highest BCUT2D eigenvalue weighted by molar-refractivity contribution is 5.91. The fourth-order valence-corrected chi connectivity index (χ4v) is 4.41. The molecule has 2 aliphatic rings. The summed E-state index contributed by atoms with van der Waals surface area (Å²) in [4.78, 5) is 30.7. The molecular weight excluding hydrogens is 473 g/mol. The minimum absolute atomic E-state index is 0.279. The van der Waals surface area contributed by atoms with Crippen molar-refractivity contribution in [3.63, 3.8) is 0 Å². The lowest BCUT2D eigenvalue weighted by molar-refractivity contribution is 0.0734. The lowest BCUT2D eigenvalue weighted by atomic mass is 10.1. The number of anilines is 3. The number of ether oxygens (including phenoxy) is 1. The van der Waals surface area contributed by atoms with Gasteiger partial charge in [0.1, 0.15) is 11.6 Å². The van der Waals surface area contributed by atoms with Crippen LogP contribution in [0.4, 0.5) is 22.2 Å². The van der Waals surface area contributed by atoms with E-state index >= 15 is 0 Å². The van der Waals surface area contributed by atoms with Crippen LogP contribution in [0.25, 0.3) is 0 Å². The number of hydrogen-bond acceptors (Lipinski definition) is 9. The molecule has 0 atom stereocenters. The predicted molar refractivity (Wildman–Crippen MR) is 141 cm³/mol. The molecule has 10 heteroatoms. The summed E-state index contributed by atoms with van der Waals surface area (Å²) < 4.78 is 18.4. The van der Waals surface area contributed by atoms with E-state index in [9.17, 15) is 9.18 Å². The maximum absolute atomic E-state index is 13.1. The number of nitrogens with one attached hydrogen (secondary N) is 1. The fraction of sp³-hybridized carbons (Fsp3) is 0.370. The average molecular weight is 504 g/mol. The van der Waals surface area contributed by atoms with Crippen LogP contribution in [0.15, 0.2) is 53.6 Å². The zero-order valence-corrected chi connectivity index (χ0v) is 20.6. The Morgan fingerprint density at radius 3 is 1.95 bits per heavy atom. The molecule has 2 aliphatic heterocycles. The Hall–Kier alpha value is -4.08. The smallest absolute Gasteiger partial charge is 0.343 e. The number of aromatic nitrogens is 3. The molecule has 0 spiro atoms. The van der Waals surface area contributed by atoms with Crippen LogP contribution in [0.1, 0.15) is 54.4 Å². The van der Waals surface area contributed by atoms with Crippen molar-refractivity contribution in [2.75, 3.05) is 41.4 Å². The molecule has 2 saturated heterocycles. The van der Waals surface area contributed by atoms with Crippen LogP contribution in [-0.4, -0.2) is 53.3 Å². The third kappa shape index (κ3) is 6.58. The van der Waals surface area contributed by atoms with Gasteiger partial charge in [0.2, 0.25) is 17.8 Å². The summed E-state index contributed by atoms with van der Waals surface area (Å²) in [7, 11) is 0. The van der Waals surface area contributed by atoms with Gasteiger partial charge in [-0.15, -0.1) is 0 Å². The highest BCUT2D eigenvalue weighted by atomic mass is 19.1. The van der Waals surface area contributed by atoms with Crippen molar-refractivity contribution in [1.82, 2.24) is 15.0 Å². The van der Waals surface area contributed by atoms with Crippen molar-refractivity contribution < 1.29 is 13.9 Å². The van der Waals surface area contributed by atoms with E-state index < -0.39 is 11.8 Å². The van der Waals surface area contributed by atoms with Gasteiger partial charge in [0.15, 0.2) is 0 Å². The van der Waals surface area contributed by atoms with Crippen LogP contribution >= 0.6 is 0 Å². The summed E-state index contributed by atoms with van der Waals surface area (Å²) in [6, 6.07) is 12.1. The van der Waals surface area contributed by atoms with Crippen LogP contribution < -0.4 is 20.0 Å². The summed E-state index contributed by atoms with van der Waals surface area (Å²) >= 11 is 0. The van der Waals surface area contributed by atoms with Crippen molar-refractivity contribution >= 4 is 30.0 Å². The molecule has 0 amide bonds. The first-order valence-electron chi connectivity index (χ1n) is 12.8. The lowest BCUT2D eigenvalue weighted by Gasteiger charge is -2.30. The average Bonchev–Trinajstić information content (AvgIpc) is 2.95. The number of halogens is 1. The van der Waals surface area contributed by atoms with E-state index in [2.05, 4.69) is 30.3 Å². The van der Waals surface area contributed by atoms with E-state index in [0.29, 0.717) is 23.6 Å². The number of carbonyl (C=O) groups is 1. The van der Waals surface area contributed by atoms with Gasteiger partial charge in [-0.25, -0.2) is 14.6 Å². The maximum Gasteiger partial charge on any atom is 0.343 e. The van der Waals surface area contributed by atoms with Gasteiger partial charge >= 0.3 is 5.97 Å². The quantitative estimate of drug-likeness (QED) is 0.215. The molecule has 2 aromatic carbocycles. The summed E-state index contributed by atoms with van der Waals surface area (Å²) in [5.74, 6) is 1.23.